The van der Waals surface area contributed by atoms with Crippen molar-refractivity contribution >= 4 is 0 Å². The molecule has 0 spiro atoms. The van der Waals surface area contributed by atoms with Gasteiger partial charge in [-0.25, -0.2) is 0 Å². The van der Waals surface area contributed by atoms with Crippen LogP contribution in [0.2, 0.25) is 0 Å². The molecule has 9 rings (SSSR count). The van der Waals surface area contributed by atoms with Crippen LogP contribution in [-0.4, -0.2) is 296 Å². The number of hydrogen-bond donors (Lipinski definition) is 18. The maximum atomic E-state index is 13.0. The van der Waals surface area contributed by atoms with E-state index in [4.69, 9.17) is 47.4 Å². The topological polar surface area (TPSA) is 456 Å². The summed E-state index contributed by atoms with van der Waals surface area (Å²) >= 11 is 0. The lowest BCUT2D eigenvalue weighted by molar-refractivity contribution is -0.398. The van der Waals surface area contributed by atoms with Crippen molar-refractivity contribution in [2.75, 3.05) is 33.0 Å². The van der Waals surface area contributed by atoms with E-state index in [1.165, 1.54) is 0 Å². The lowest BCUT2D eigenvalue weighted by Gasteiger charge is -2.71. The van der Waals surface area contributed by atoms with Crippen LogP contribution in [-0.2, 0) is 47.4 Å². The number of ether oxygens (including phenoxy) is 10. The van der Waals surface area contributed by atoms with Crippen molar-refractivity contribution in [2.24, 2.45) is 45.3 Å². The van der Waals surface area contributed by atoms with Crippen LogP contribution in [0.4, 0.5) is 0 Å². The van der Waals surface area contributed by atoms with E-state index in [-0.39, 0.29) is 29.1 Å². The third kappa shape index (κ3) is 12.6. The van der Waals surface area contributed by atoms with Gasteiger partial charge >= 0.3 is 0 Å². The highest BCUT2D eigenvalue weighted by Crippen LogP contribution is 2.76. The minimum absolute atomic E-state index is 0.0282. The predicted molar refractivity (Wildman–Crippen MR) is 299 cm³/mol. The van der Waals surface area contributed by atoms with E-state index < -0.39 is 221 Å². The zero-order valence-corrected chi connectivity index (χ0v) is 51.5. The van der Waals surface area contributed by atoms with E-state index in [1.807, 2.05) is 20.8 Å². The van der Waals surface area contributed by atoms with Gasteiger partial charge in [-0.3, -0.25) is 0 Å². The lowest BCUT2D eigenvalue weighted by atomic mass is 9.35. The predicted octanol–water partition coefficient (Wildman–Crippen LogP) is -4.38. The number of rotatable bonds is 19. The summed E-state index contributed by atoms with van der Waals surface area (Å²) in [6, 6.07) is 0. The van der Waals surface area contributed by atoms with Crippen molar-refractivity contribution in [3.05, 3.63) is 11.6 Å². The van der Waals surface area contributed by atoms with E-state index in [0.29, 0.717) is 44.9 Å². The molecule has 0 aromatic rings. The standard InChI is InChI=1S/C60H102O28/c1-24(2)10-9-14-60(8,88-53-48(78)43(73)40(70)31(84-53)23-79-51-46(76)41(71)36(66)27(19-61)80-51)25-11-16-59(7)35(25)26(65)18-33-57(5)15-13-34(56(3,4)32(57)12-17-58(33,59)6)85-54-49(44(74)38(68)29(21-63)82-54)87-55-50(45(75)39(69)30(22-64)83-55)86-52-47(77)42(72)37(67)28(20-62)81-52/h10,25-55,61-78H,9,11-23H2,1-8H3. The van der Waals surface area contributed by atoms with Gasteiger partial charge in [0.15, 0.2) is 31.5 Å². The zero-order valence-electron chi connectivity index (χ0n) is 51.5. The molecule has 0 amide bonds. The summed E-state index contributed by atoms with van der Waals surface area (Å²) in [6.45, 7) is 13.3. The average molecular weight is 1270 g/mol. The minimum Gasteiger partial charge on any atom is -0.394 e. The molecule has 18 N–H and O–H groups in total. The molecular formula is C60H102O28. The Morgan fingerprint density at radius 2 is 0.920 bits per heavy atom. The van der Waals surface area contributed by atoms with E-state index in [2.05, 4.69) is 40.7 Å². The van der Waals surface area contributed by atoms with Crippen molar-refractivity contribution in [1.29, 1.82) is 0 Å². The Balaban J connectivity index is 0.935. The highest BCUT2D eigenvalue weighted by atomic mass is 16.8. The van der Waals surface area contributed by atoms with Gasteiger partial charge in [0.1, 0.15) is 122 Å². The molecule has 35 atom stereocenters. The third-order valence-corrected chi connectivity index (χ3v) is 23.0. The Morgan fingerprint density at radius 3 is 1.45 bits per heavy atom. The number of hydrogen-bond acceptors (Lipinski definition) is 28. The fraction of sp³-hybridized carbons (Fsp3) is 0.967. The summed E-state index contributed by atoms with van der Waals surface area (Å²) in [7, 11) is 0. The van der Waals surface area contributed by atoms with Gasteiger partial charge in [0.05, 0.1) is 50.8 Å². The molecule has 0 radical (unpaired) electrons. The van der Waals surface area contributed by atoms with E-state index >= 15 is 0 Å². The maximum absolute atomic E-state index is 13.0. The second kappa shape index (κ2) is 27.4. The van der Waals surface area contributed by atoms with Crippen LogP contribution in [0.25, 0.3) is 0 Å². The molecule has 4 saturated carbocycles. The van der Waals surface area contributed by atoms with Gasteiger partial charge in [-0.15, -0.1) is 0 Å². The lowest BCUT2D eigenvalue weighted by Crippen LogP contribution is -2.68. The van der Waals surface area contributed by atoms with Gasteiger partial charge in [0.25, 0.3) is 0 Å². The second-order valence-corrected chi connectivity index (χ2v) is 28.6. The number of fused-ring (bicyclic) bond motifs is 5. The second-order valence-electron chi connectivity index (χ2n) is 28.6. The Bertz CT molecular complexity index is 2320. The van der Waals surface area contributed by atoms with Crippen molar-refractivity contribution in [3.63, 3.8) is 0 Å². The molecule has 0 aromatic carbocycles. The smallest absolute Gasteiger partial charge is 0.187 e. The van der Waals surface area contributed by atoms with Gasteiger partial charge in [0, 0.05) is 0 Å². The molecule has 5 saturated heterocycles. The van der Waals surface area contributed by atoms with Crippen molar-refractivity contribution < 1.29 is 139 Å². The first-order valence-electron chi connectivity index (χ1n) is 31.4. The molecule has 88 heavy (non-hydrogen) atoms. The van der Waals surface area contributed by atoms with E-state index in [0.717, 1.165) is 18.4 Å². The molecule has 0 aromatic heterocycles. The molecule has 0 bridgehead atoms. The average Bonchev–Trinajstić information content (AvgIpc) is 1.24. The molecule has 5 heterocycles. The van der Waals surface area contributed by atoms with Gasteiger partial charge in [-0.05, 0) is 124 Å². The highest BCUT2D eigenvalue weighted by Gasteiger charge is 2.72. The van der Waals surface area contributed by atoms with Crippen molar-refractivity contribution in [1.82, 2.24) is 0 Å². The van der Waals surface area contributed by atoms with Crippen LogP contribution in [0.1, 0.15) is 113 Å². The van der Waals surface area contributed by atoms with Crippen LogP contribution in [0.3, 0.4) is 0 Å². The fourth-order valence-corrected chi connectivity index (χ4v) is 17.7. The Labute approximate surface area is 512 Å². The molecule has 9 fully saturated rings. The number of aliphatic hydroxyl groups is 18. The molecule has 5 aliphatic heterocycles. The van der Waals surface area contributed by atoms with E-state index in [9.17, 15) is 91.9 Å². The number of aliphatic hydroxyl groups excluding tert-OH is 18. The van der Waals surface area contributed by atoms with Crippen LogP contribution in [0.15, 0.2) is 11.6 Å². The van der Waals surface area contributed by atoms with Crippen LogP contribution in [0, 0.1) is 45.3 Å². The summed E-state index contributed by atoms with van der Waals surface area (Å²) < 4.78 is 61.2. The number of allylic oxidation sites excluding steroid dienone is 2. The maximum Gasteiger partial charge on any atom is 0.187 e. The summed E-state index contributed by atoms with van der Waals surface area (Å²) in [6.07, 6.45) is -36.5. The fourth-order valence-electron chi connectivity index (χ4n) is 17.7. The molecule has 35 unspecified atom stereocenters. The molecule has 9 aliphatic rings. The third-order valence-electron chi connectivity index (χ3n) is 23.0. The first kappa shape index (κ1) is 70.9. The van der Waals surface area contributed by atoms with Gasteiger partial charge in [0.2, 0.25) is 0 Å². The monoisotopic (exact) mass is 1270 g/mol. The molecular weight excluding hydrogens is 1170 g/mol. The quantitative estimate of drug-likeness (QED) is 0.0429. The summed E-state index contributed by atoms with van der Waals surface area (Å²) in [5, 5.41) is 196. The highest BCUT2D eigenvalue weighted by molar-refractivity contribution is 5.21. The first-order chi connectivity index (χ1) is 41.3. The first-order valence-corrected chi connectivity index (χ1v) is 31.4. The van der Waals surface area contributed by atoms with Crippen molar-refractivity contribution in [3.8, 4) is 0 Å². The Morgan fingerprint density at radius 1 is 0.477 bits per heavy atom. The molecule has 28 heteroatoms. The summed E-state index contributed by atoms with van der Waals surface area (Å²) in [4.78, 5) is 0. The van der Waals surface area contributed by atoms with Crippen LogP contribution < -0.4 is 0 Å². The summed E-state index contributed by atoms with van der Waals surface area (Å²) in [5.74, 6) is -0.715. The SMILES string of the molecule is CC(C)=CCCC(C)(OC1OC(COC2OC(CO)C(O)C(O)C2O)C(O)C(O)C1O)C1CCC2(C)C1C(O)CC1C3(C)CCC(OC4OC(CO)C(O)C(O)C4OC4OC(CO)C(O)C(O)C4OC4OC(CO)C(O)C(O)C4O)C(C)(C)C3CCC12C. The van der Waals surface area contributed by atoms with Crippen LogP contribution >= 0.6 is 0 Å². The largest absolute Gasteiger partial charge is 0.394 e. The zero-order chi connectivity index (χ0) is 64.7. The normalized spacial score (nSPS) is 52.9. The van der Waals surface area contributed by atoms with Crippen molar-refractivity contribution in [2.45, 2.75) is 285 Å². The minimum atomic E-state index is -1.97. The van der Waals surface area contributed by atoms with Crippen LogP contribution in [0.5, 0.6) is 0 Å². The van der Waals surface area contributed by atoms with Gasteiger partial charge in [-0.2, -0.15) is 0 Å². The van der Waals surface area contributed by atoms with Gasteiger partial charge < -0.3 is 139 Å². The molecule has 510 valence electrons. The Hall–Kier alpha value is -1.38. The molecule has 28 nitrogen and oxygen atoms in total. The Kier molecular flexibility index (Phi) is 22.1. The summed E-state index contributed by atoms with van der Waals surface area (Å²) in [5.41, 5.74) is -1.95. The van der Waals surface area contributed by atoms with Gasteiger partial charge in [-0.1, -0.05) is 46.3 Å². The molecule has 4 aliphatic carbocycles. The van der Waals surface area contributed by atoms with E-state index in [1.54, 1.807) is 0 Å².